The molecule has 0 aliphatic heterocycles. The van der Waals surface area contributed by atoms with E-state index in [1.165, 1.54) is 0 Å². The van der Waals surface area contributed by atoms with Gasteiger partial charge in [0.05, 0.1) is 0 Å². The van der Waals surface area contributed by atoms with Crippen LogP contribution in [0.25, 0.3) is 0 Å². The number of unbranched alkanes of at least 4 members (excludes halogenated alkanes) is 1. The number of nitrogens with two attached hydrogens (primary N) is 1. The largest absolute Gasteiger partial charge is 0.409 e. The zero-order valence-electron chi connectivity index (χ0n) is 12.0. The quantitative estimate of drug-likeness (QED) is 0.343. The molecule has 1 unspecified atom stereocenters. The molecule has 1 heterocycles. The number of rotatable bonds is 7. The molecule has 1 atom stereocenters. The third-order valence-corrected chi connectivity index (χ3v) is 3.32. The van der Waals surface area contributed by atoms with Gasteiger partial charge in [0.15, 0.2) is 5.84 Å². The van der Waals surface area contributed by atoms with Gasteiger partial charge >= 0.3 is 0 Å². The molecule has 3 N–H and O–H groups in total. The van der Waals surface area contributed by atoms with Crippen LogP contribution in [0.2, 0.25) is 0 Å². The molecule has 0 aliphatic rings. The van der Waals surface area contributed by atoms with Crippen LogP contribution in [0, 0.1) is 0 Å². The highest BCUT2D eigenvalue weighted by atomic mass is 16.4. The molecule has 0 aliphatic carbocycles. The van der Waals surface area contributed by atoms with Crippen molar-refractivity contribution in [3.63, 3.8) is 0 Å². The van der Waals surface area contributed by atoms with Gasteiger partial charge in [0.2, 0.25) is 0 Å². The van der Waals surface area contributed by atoms with Crippen LogP contribution in [-0.4, -0.2) is 28.6 Å². The molecule has 1 aromatic heterocycles. The summed E-state index contributed by atoms with van der Waals surface area (Å²) in [6.07, 6.45) is 5.03. The van der Waals surface area contributed by atoms with Crippen molar-refractivity contribution < 1.29 is 5.21 Å². The third-order valence-electron chi connectivity index (χ3n) is 3.32. The summed E-state index contributed by atoms with van der Waals surface area (Å²) in [5.74, 6) is 1.03. The fraction of sp³-hybridized carbons (Fsp3) is 0.571. The van der Waals surface area contributed by atoms with E-state index in [2.05, 4.69) is 35.8 Å². The van der Waals surface area contributed by atoms with E-state index in [0.717, 1.165) is 31.6 Å². The van der Waals surface area contributed by atoms with Crippen LogP contribution in [0.5, 0.6) is 0 Å². The smallest absolute Gasteiger partial charge is 0.171 e. The summed E-state index contributed by atoms with van der Waals surface area (Å²) >= 11 is 0. The summed E-state index contributed by atoms with van der Waals surface area (Å²) < 4.78 is 0. The number of aromatic nitrogens is 1. The van der Waals surface area contributed by atoms with Gasteiger partial charge in [-0.15, -0.1) is 0 Å². The molecule has 0 bridgehead atoms. The van der Waals surface area contributed by atoms with Crippen molar-refractivity contribution in [2.24, 2.45) is 10.9 Å². The number of nitrogens with zero attached hydrogens (tertiary/aromatic N) is 3. The molecule has 1 aromatic rings. The van der Waals surface area contributed by atoms with Crippen LogP contribution in [0.15, 0.2) is 23.5 Å². The van der Waals surface area contributed by atoms with Crippen LogP contribution >= 0.6 is 0 Å². The number of pyridine rings is 1. The Morgan fingerprint density at radius 1 is 1.47 bits per heavy atom. The molecule has 0 radical (unpaired) electrons. The second-order valence-electron chi connectivity index (χ2n) is 4.69. The maximum atomic E-state index is 8.63. The van der Waals surface area contributed by atoms with E-state index in [0.29, 0.717) is 11.6 Å². The molecule has 0 saturated carbocycles. The highest BCUT2D eigenvalue weighted by Crippen LogP contribution is 2.17. The van der Waals surface area contributed by atoms with Crippen molar-refractivity contribution in [2.45, 2.75) is 46.1 Å². The summed E-state index contributed by atoms with van der Waals surface area (Å²) in [6.45, 7) is 7.56. The van der Waals surface area contributed by atoms with Gasteiger partial charge in [-0.1, -0.05) is 25.4 Å². The van der Waals surface area contributed by atoms with Crippen molar-refractivity contribution in [1.29, 1.82) is 0 Å². The lowest BCUT2D eigenvalue weighted by Crippen LogP contribution is -2.34. The molecule has 0 amide bonds. The van der Waals surface area contributed by atoms with Crippen molar-refractivity contribution in [2.75, 3.05) is 11.4 Å². The maximum absolute atomic E-state index is 8.63. The minimum Gasteiger partial charge on any atom is -0.409 e. The average molecular weight is 264 g/mol. The van der Waals surface area contributed by atoms with E-state index in [1.54, 1.807) is 6.20 Å². The predicted molar refractivity (Wildman–Crippen MR) is 78.8 cm³/mol. The first kappa shape index (κ1) is 15.3. The minimum absolute atomic E-state index is 0.0858. The van der Waals surface area contributed by atoms with E-state index in [4.69, 9.17) is 10.9 Å². The topological polar surface area (TPSA) is 74.7 Å². The number of hydrogen-bond donors (Lipinski definition) is 2. The summed E-state index contributed by atoms with van der Waals surface area (Å²) in [5, 5.41) is 11.6. The average Bonchev–Trinajstić information content (AvgIpc) is 2.47. The monoisotopic (exact) mass is 264 g/mol. The normalized spacial score (nSPS) is 13.3. The number of anilines is 1. The summed E-state index contributed by atoms with van der Waals surface area (Å²) in [5.41, 5.74) is 6.16. The summed E-state index contributed by atoms with van der Waals surface area (Å²) in [6, 6.07) is 4.21. The lowest BCUT2D eigenvalue weighted by atomic mass is 10.2. The molecule has 0 fully saturated rings. The molecule has 5 heteroatoms. The van der Waals surface area contributed by atoms with E-state index >= 15 is 0 Å². The molecule has 19 heavy (non-hydrogen) atoms. The molecule has 0 saturated heterocycles. The van der Waals surface area contributed by atoms with Gasteiger partial charge in [-0.05, 0) is 31.9 Å². The number of hydrogen-bond acceptors (Lipinski definition) is 4. The highest BCUT2D eigenvalue weighted by Gasteiger charge is 2.13. The van der Waals surface area contributed by atoms with E-state index in [1.807, 2.05) is 12.1 Å². The van der Waals surface area contributed by atoms with Gasteiger partial charge < -0.3 is 15.8 Å². The second kappa shape index (κ2) is 7.61. The first-order valence-electron chi connectivity index (χ1n) is 6.84. The minimum atomic E-state index is 0.0858. The molecule has 1 rings (SSSR count). The van der Waals surface area contributed by atoms with Gasteiger partial charge in [-0.3, -0.25) is 0 Å². The first-order valence-corrected chi connectivity index (χ1v) is 6.84. The Labute approximate surface area is 115 Å². The maximum Gasteiger partial charge on any atom is 0.171 e. The van der Waals surface area contributed by atoms with Gasteiger partial charge in [0.25, 0.3) is 0 Å². The first-order chi connectivity index (χ1) is 9.13. The summed E-state index contributed by atoms with van der Waals surface area (Å²) in [4.78, 5) is 6.73. The van der Waals surface area contributed by atoms with Crippen LogP contribution in [0.3, 0.4) is 0 Å². The Morgan fingerprint density at radius 2 is 2.21 bits per heavy atom. The molecule has 106 valence electrons. The van der Waals surface area contributed by atoms with E-state index < -0.39 is 0 Å². The van der Waals surface area contributed by atoms with Crippen LogP contribution in [0.4, 0.5) is 5.82 Å². The SMILES string of the molecule is CCCCN(c1ccc(/C(N)=N/O)cn1)C(C)CC. The Hall–Kier alpha value is -1.78. The van der Waals surface area contributed by atoms with Crippen LogP contribution < -0.4 is 10.6 Å². The van der Waals surface area contributed by atoms with Crippen molar-refractivity contribution >= 4 is 11.7 Å². The molecule has 0 aromatic carbocycles. The van der Waals surface area contributed by atoms with Gasteiger partial charge in [0.1, 0.15) is 5.82 Å². The van der Waals surface area contributed by atoms with Crippen molar-refractivity contribution in [3.05, 3.63) is 23.9 Å². The van der Waals surface area contributed by atoms with Crippen molar-refractivity contribution in [1.82, 2.24) is 4.98 Å². The Bertz CT molecular complexity index is 402. The highest BCUT2D eigenvalue weighted by molar-refractivity contribution is 5.96. The van der Waals surface area contributed by atoms with Gasteiger partial charge in [-0.25, -0.2) is 4.98 Å². The Morgan fingerprint density at radius 3 is 2.68 bits per heavy atom. The molecule has 0 spiro atoms. The zero-order chi connectivity index (χ0) is 14.3. The van der Waals surface area contributed by atoms with Crippen LogP contribution in [-0.2, 0) is 0 Å². The lowest BCUT2D eigenvalue weighted by molar-refractivity contribution is 0.318. The lowest BCUT2D eigenvalue weighted by Gasteiger charge is -2.29. The zero-order valence-corrected chi connectivity index (χ0v) is 12.0. The standard InChI is InChI=1S/C14H24N4O/c1-4-6-9-18(11(3)5-2)13-8-7-12(10-16-13)14(15)17-19/h7-8,10-11,19H,4-6,9H2,1-3H3,(H2,15,17). The number of amidine groups is 1. The van der Waals surface area contributed by atoms with Gasteiger partial charge in [-0.2, -0.15) is 0 Å². The fourth-order valence-corrected chi connectivity index (χ4v) is 1.87. The fourth-order valence-electron chi connectivity index (χ4n) is 1.87. The Kier molecular flexibility index (Phi) is 6.12. The third kappa shape index (κ3) is 4.12. The van der Waals surface area contributed by atoms with Crippen molar-refractivity contribution in [3.8, 4) is 0 Å². The Balaban J connectivity index is 2.90. The van der Waals surface area contributed by atoms with E-state index in [9.17, 15) is 0 Å². The molecular formula is C14H24N4O. The van der Waals surface area contributed by atoms with E-state index in [-0.39, 0.29) is 5.84 Å². The second-order valence-corrected chi connectivity index (χ2v) is 4.69. The molecule has 5 nitrogen and oxygen atoms in total. The van der Waals surface area contributed by atoms with Crippen LogP contribution in [0.1, 0.15) is 45.6 Å². The number of oxime groups is 1. The van der Waals surface area contributed by atoms with Gasteiger partial charge in [0, 0.05) is 24.3 Å². The summed E-state index contributed by atoms with van der Waals surface area (Å²) in [7, 11) is 0. The predicted octanol–water partition coefficient (Wildman–Crippen LogP) is 2.58. The molecular weight excluding hydrogens is 240 g/mol.